The summed E-state index contributed by atoms with van der Waals surface area (Å²) in [6.45, 7) is 2.02. The molecule has 2 atom stereocenters. The van der Waals surface area contributed by atoms with Gasteiger partial charge in [0.15, 0.2) is 0 Å². The Kier molecular flexibility index (Phi) is 14.4. The van der Waals surface area contributed by atoms with Crippen LogP contribution in [0.25, 0.3) is 0 Å². The Morgan fingerprint density at radius 1 is 1.12 bits per heavy atom. The van der Waals surface area contributed by atoms with Crippen molar-refractivity contribution in [2.75, 3.05) is 6.61 Å². The van der Waals surface area contributed by atoms with Gasteiger partial charge in [0, 0.05) is 22.2 Å². The van der Waals surface area contributed by atoms with E-state index in [4.69, 9.17) is 10.8 Å². The zero-order valence-corrected chi connectivity index (χ0v) is 16.3. The van der Waals surface area contributed by atoms with Gasteiger partial charge in [0.2, 0.25) is 0 Å². The Labute approximate surface area is 157 Å². The number of hydrogen-bond acceptors (Lipinski definition) is 4. The molecule has 0 radical (unpaired) electrons. The van der Waals surface area contributed by atoms with Gasteiger partial charge in [0.1, 0.15) is 6.10 Å². The number of aliphatic hydroxyl groups excluding tert-OH is 2. The first kappa shape index (κ1) is 23.4. The van der Waals surface area contributed by atoms with Crippen LogP contribution >= 0.6 is 23.7 Å². The van der Waals surface area contributed by atoms with Gasteiger partial charge in [0.05, 0.1) is 12.6 Å². The maximum atomic E-state index is 9.93. The molecule has 1 aromatic rings. The molecule has 3 nitrogen and oxygen atoms in total. The molecule has 0 saturated heterocycles. The number of unbranched alkanes of at least 4 members (excludes halogenated alkanes) is 8. The molecule has 0 fully saturated rings. The molecule has 0 amide bonds. The molecule has 0 spiro atoms. The standard InChI is InChI=1S/C19H31NO2S.ClH/c1-2-3-4-5-6-7-8-9-10-11-12-16-13-18(23-15-16)19(22)17(20)14-21;/h13,15,17,19,21-22H,2-10,14,20H2,1H3;1H. The number of halogens is 1. The fourth-order valence-electron chi connectivity index (χ4n) is 2.40. The lowest BCUT2D eigenvalue weighted by atomic mass is 10.1. The van der Waals surface area contributed by atoms with E-state index in [0.29, 0.717) is 0 Å². The molecule has 138 valence electrons. The van der Waals surface area contributed by atoms with E-state index in [2.05, 4.69) is 18.8 Å². The quantitative estimate of drug-likeness (QED) is 0.397. The fourth-order valence-corrected chi connectivity index (χ4v) is 3.30. The summed E-state index contributed by atoms with van der Waals surface area (Å²) in [5.41, 5.74) is 6.56. The van der Waals surface area contributed by atoms with E-state index in [1.54, 1.807) is 0 Å². The Balaban J connectivity index is 0.00000529. The largest absolute Gasteiger partial charge is 0.395 e. The summed E-state index contributed by atoms with van der Waals surface area (Å²) in [4.78, 5) is 0.767. The van der Waals surface area contributed by atoms with Crippen molar-refractivity contribution in [3.05, 3.63) is 21.9 Å². The van der Waals surface area contributed by atoms with Crippen molar-refractivity contribution in [2.45, 2.75) is 76.9 Å². The minimum atomic E-state index is -0.812. The summed E-state index contributed by atoms with van der Waals surface area (Å²) in [5, 5.41) is 20.8. The van der Waals surface area contributed by atoms with E-state index < -0.39 is 12.1 Å². The molecule has 2 unspecified atom stereocenters. The van der Waals surface area contributed by atoms with Crippen LogP contribution in [0.4, 0.5) is 0 Å². The third kappa shape index (κ3) is 9.66. The van der Waals surface area contributed by atoms with Crippen LogP contribution in [-0.2, 0) is 0 Å². The number of thiophene rings is 1. The van der Waals surface area contributed by atoms with Crippen molar-refractivity contribution >= 4 is 23.7 Å². The third-order valence-corrected chi connectivity index (χ3v) is 4.92. The predicted molar refractivity (Wildman–Crippen MR) is 106 cm³/mol. The van der Waals surface area contributed by atoms with Crippen molar-refractivity contribution < 1.29 is 10.2 Å². The summed E-state index contributed by atoms with van der Waals surface area (Å²) in [7, 11) is 0. The topological polar surface area (TPSA) is 66.5 Å². The van der Waals surface area contributed by atoms with Gasteiger partial charge in [-0.1, -0.05) is 63.7 Å². The van der Waals surface area contributed by atoms with Crippen LogP contribution < -0.4 is 5.73 Å². The SMILES string of the molecule is CCCCCCCCCCC#Cc1csc(C(O)C(N)CO)c1.Cl. The van der Waals surface area contributed by atoms with Crippen molar-refractivity contribution in [3.8, 4) is 11.8 Å². The molecule has 0 aliphatic rings. The molecule has 0 aromatic carbocycles. The Morgan fingerprint density at radius 2 is 1.75 bits per heavy atom. The van der Waals surface area contributed by atoms with Crippen molar-refractivity contribution in [3.63, 3.8) is 0 Å². The van der Waals surface area contributed by atoms with Gasteiger partial charge < -0.3 is 15.9 Å². The fraction of sp³-hybridized carbons (Fsp3) is 0.684. The first-order chi connectivity index (χ1) is 11.2. The molecule has 4 N–H and O–H groups in total. The minimum absolute atomic E-state index is 0. The molecule has 24 heavy (non-hydrogen) atoms. The van der Waals surface area contributed by atoms with Gasteiger partial charge in [-0.3, -0.25) is 0 Å². The lowest BCUT2D eigenvalue weighted by molar-refractivity contribution is 0.112. The smallest absolute Gasteiger partial charge is 0.105 e. The summed E-state index contributed by atoms with van der Waals surface area (Å²) in [6.07, 6.45) is 10.6. The highest BCUT2D eigenvalue weighted by Crippen LogP contribution is 2.23. The Hall–Kier alpha value is -0.570. The average Bonchev–Trinajstić information content (AvgIpc) is 3.04. The number of hydrogen-bond donors (Lipinski definition) is 3. The monoisotopic (exact) mass is 373 g/mol. The van der Waals surface area contributed by atoms with Crippen LogP contribution in [0.5, 0.6) is 0 Å². The molecule has 1 heterocycles. The first-order valence-electron chi connectivity index (χ1n) is 8.80. The van der Waals surface area contributed by atoms with E-state index in [1.165, 1.54) is 56.3 Å². The predicted octanol–water partition coefficient (Wildman–Crippen LogP) is 4.41. The molecule has 0 saturated carbocycles. The second-order valence-electron chi connectivity index (χ2n) is 6.06. The highest BCUT2D eigenvalue weighted by Gasteiger charge is 2.17. The average molecular weight is 374 g/mol. The molecular weight excluding hydrogens is 342 g/mol. The normalized spacial score (nSPS) is 12.8. The van der Waals surface area contributed by atoms with Crippen LogP contribution in [0.1, 0.15) is 81.3 Å². The van der Waals surface area contributed by atoms with Gasteiger partial charge in [-0.25, -0.2) is 0 Å². The minimum Gasteiger partial charge on any atom is -0.395 e. The van der Waals surface area contributed by atoms with Crippen molar-refractivity contribution in [1.29, 1.82) is 0 Å². The Bertz CT molecular complexity index is 481. The maximum absolute atomic E-state index is 9.93. The first-order valence-corrected chi connectivity index (χ1v) is 9.68. The van der Waals surface area contributed by atoms with E-state index >= 15 is 0 Å². The van der Waals surface area contributed by atoms with E-state index in [0.717, 1.165) is 23.3 Å². The van der Waals surface area contributed by atoms with Crippen LogP contribution in [0.2, 0.25) is 0 Å². The van der Waals surface area contributed by atoms with E-state index in [-0.39, 0.29) is 19.0 Å². The number of nitrogens with two attached hydrogens (primary N) is 1. The van der Waals surface area contributed by atoms with Crippen LogP contribution in [0.3, 0.4) is 0 Å². The maximum Gasteiger partial charge on any atom is 0.105 e. The molecule has 0 bridgehead atoms. The van der Waals surface area contributed by atoms with Crippen molar-refractivity contribution in [2.24, 2.45) is 5.73 Å². The molecule has 5 heteroatoms. The molecule has 0 aliphatic heterocycles. The summed E-state index contributed by atoms with van der Waals surface area (Å²) in [5.74, 6) is 6.34. The summed E-state index contributed by atoms with van der Waals surface area (Å²) < 4.78 is 0. The van der Waals surface area contributed by atoms with Gasteiger partial charge in [-0.2, -0.15) is 0 Å². The zero-order valence-electron chi connectivity index (χ0n) is 14.7. The number of rotatable bonds is 11. The Morgan fingerprint density at radius 3 is 2.38 bits per heavy atom. The molecular formula is C19H32ClNO2S. The highest BCUT2D eigenvalue weighted by atomic mass is 35.5. The molecule has 1 rings (SSSR count). The lowest BCUT2D eigenvalue weighted by Crippen LogP contribution is -2.31. The summed E-state index contributed by atoms with van der Waals surface area (Å²) in [6, 6.07) is 1.23. The second kappa shape index (κ2) is 14.7. The molecule has 1 aromatic heterocycles. The third-order valence-electron chi connectivity index (χ3n) is 3.92. The van der Waals surface area contributed by atoms with Gasteiger partial charge in [0.25, 0.3) is 0 Å². The van der Waals surface area contributed by atoms with Gasteiger partial charge in [-0.05, 0) is 12.5 Å². The van der Waals surface area contributed by atoms with E-state index in [1.807, 2.05) is 11.4 Å². The zero-order chi connectivity index (χ0) is 16.9. The van der Waals surface area contributed by atoms with Crippen molar-refractivity contribution in [1.82, 2.24) is 0 Å². The summed E-state index contributed by atoms with van der Waals surface area (Å²) >= 11 is 1.44. The second-order valence-corrected chi connectivity index (χ2v) is 7.00. The van der Waals surface area contributed by atoms with E-state index in [9.17, 15) is 5.11 Å². The lowest BCUT2D eigenvalue weighted by Gasteiger charge is -2.14. The van der Waals surface area contributed by atoms with Gasteiger partial charge >= 0.3 is 0 Å². The van der Waals surface area contributed by atoms with Crippen LogP contribution in [0, 0.1) is 11.8 Å². The van der Waals surface area contributed by atoms with Crippen LogP contribution in [0.15, 0.2) is 11.4 Å². The molecule has 0 aliphatic carbocycles. The van der Waals surface area contributed by atoms with Gasteiger partial charge in [-0.15, -0.1) is 23.7 Å². The van der Waals surface area contributed by atoms with Crippen LogP contribution in [-0.4, -0.2) is 22.9 Å². The highest BCUT2D eigenvalue weighted by molar-refractivity contribution is 7.10. The number of aliphatic hydroxyl groups is 2.